The second kappa shape index (κ2) is 11.1. The monoisotopic (exact) mass is 488 g/mol. The minimum Gasteiger partial charge on any atom is -0.396 e. The highest BCUT2D eigenvalue weighted by Gasteiger charge is 2.30. The molecular formula is C28H33FN6O. The van der Waals surface area contributed by atoms with Gasteiger partial charge in [0, 0.05) is 29.9 Å². The van der Waals surface area contributed by atoms with Gasteiger partial charge in [-0.2, -0.15) is 0 Å². The van der Waals surface area contributed by atoms with Crippen LogP contribution in [0.25, 0.3) is 11.1 Å². The van der Waals surface area contributed by atoms with Crippen molar-refractivity contribution in [3.05, 3.63) is 71.1 Å². The zero-order valence-corrected chi connectivity index (χ0v) is 20.7. The van der Waals surface area contributed by atoms with Gasteiger partial charge in [-0.1, -0.05) is 17.3 Å². The van der Waals surface area contributed by atoms with Gasteiger partial charge in [0.2, 0.25) is 5.95 Å². The lowest BCUT2D eigenvalue weighted by atomic mass is 9.78. The second-order valence-corrected chi connectivity index (χ2v) is 9.77. The second-order valence-electron chi connectivity index (χ2n) is 9.77. The molecule has 188 valence electrons. The van der Waals surface area contributed by atoms with E-state index in [9.17, 15) is 4.39 Å². The number of fused-ring (bicyclic) bond motifs is 1. The van der Waals surface area contributed by atoms with Gasteiger partial charge in [0.05, 0.1) is 17.1 Å². The maximum Gasteiger partial charge on any atom is 0.220 e. The van der Waals surface area contributed by atoms with Gasteiger partial charge in [-0.05, 0) is 93.3 Å². The highest BCUT2D eigenvalue weighted by Crippen LogP contribution is 2.38. The molecule has 0 saturated carbocycles. The summed E-state index contributed by atoms with van der Waals surface area (Å²) in [5.74, 6) is 0.785. The third kappa shape index (κ3) is 5.54. The van der Waals surface area contributed by atoms with E-state index in [1.54, 1.807) is 18.5 Å². The summed E-state index contributed by atoms with van der Waals surface area (Å²) in [7, 11) is 0. The Bertz CT molecular complexity index is 1230. The standard InChI is InChI=1S/C28H33FN6O/c1-18-27-25(34-28(30)33-18)14-21(15-26(27)35-36-13-3-4-19-8-11-31-12-9-19)23-7-6-22(29)16-24(23)20-5-2-10-32-17-20/h2,5-7,10,16-17,19,21,31H,3-4,8-9,11-15H2,1H3,(H2,30,33,34)/b35-26+. The first-order valence-electron chi connectivity index (χ1n) is 12.8. The molecule has 1 aromatic carbocycles. The Balaban J connectivity index is 1.40. The largest absolute Gasteiger partial charge is 0.396 e. The molecule has 0 spiro atoms. The van der Waals surface area contributed by atoms with Crippen molar-refractivity contribution in [3.8, 4) is 11.1 Å². The molecule has 5 rings (SSSR count). The summed E-state index contributed by atoms with van der Waals surface area (Å²) in [6.07, 6.45) is 9.41. The first-order chi connectivity index (χ1) is 17.6. The van der Waals surface area contributed by atoms with Crippen molar-refractivity contribution in [2.24, 2.45) is 11.1 Å². The predicted octanol–water partition coefficient (Wildman–Crippen LogP) is 4.80. The number of rotatable bonds is 7. The van der Waals surface area contributed by atoms with Crippen LogP contribution in [0.5, 0.6) is 0 Å². The molecule has 36 heavy (non-hydrogen) atoms. The first kappa shape index (κ1) is 24.3. The molecule has 2 aliphatic rings. The van der Waals surface area contributed by atoms with Gasteiger partial charge < -0.3 is 15.9 Å². The molecule has 7 nitrogen and oxygen atoms in total. The number of pyridine rings is 1. The van der Waals surface area contributed by atoms with E-state index in [1.807, 2.05) is 25.1 Å². The van der Waals surface area contributed by atoms with Crippen LogP contribution in [-0.4, -0.2) is 40.4 Å². The minimum absolute atomic E-state index is 0.0408. The molecule has 1 aliphatic carbocycles. The van der Waals surface area contributed by atoms with Crippen LogP contribution in [0.3, 0.4) is 0 Å². The van der Waals surface area contributed by atoms with E-state index in [2.05, 4.69) is 25.4 Å². The number of aromatic nitrogens is 3. The molecule has 3 aromatic rings. The molecule has 1 unspecified atom stereocenters. The number of piperidine rings is 1. The number of nitrogens with one attached hydrogen (secondary N) is 1. The van der Waals surface area contributed by atoms with Crippen LogP contribution in [0.2, 0.25) is 0 Å². The number of nitrogen functional groups attached to an aromatic ring is 1. The van der Waals surface area contributed by atoms with Crippen molar-refractivity contribution in [2.45, 2.75) is 51.4 Å². The van der Waals surface area contributed by atoms with Crippen LogP contribution in [0.4, 0.5) is 10.3 Å². The van der Waals surface area contributed by atoms with Crippen LogP contribution in [0.1, 0.15) is 60.5 Å². The van der Waals surface area contributed by atoms with Crippen molar-refractivity contribution >= 4 is 11.7 Å². The number of oxime groups is 1. The van der Waals surface area contributed by atoms with E-state index in [-0.39, 0.29) is 17.7 Å². The number of hydrogen-bond acceptors (Lipinski definition) is 7. The highest BCUT2D eigenvalue weighted by molar-refractivity contribution is 6.03. The Labute approximate surface area is 211 Å². The number of benzene rings is 1. The van der Waals surface area contributed by atoms with E-state index in [0.29, 0.717) is 19.4 Å². The summed E-state index contributed by atoms with van der Waals surface area (Å²) >= 11 is 0. The van der Waals surface area contributed by atoms with E-state index in [1.165, 1.54) is 18.9 Å². The lowest BCUT2D eigenvalue weighted by Crippen LogP contribution is -2.27. The third-order valence-corrected chi connectivity index (χ3v) is 7.26. The van der Waals surface area contributed by atoms with Crippen molar-refractivity contribution in [3.63, 3.8) is 0 Å². The number of nitrogens with two attached hydrogens (primary N) is 1. The summed E-state index contributed by atoms with van der Waals surface area (Å²) in [5.41, 5.74) is 12.2. The lowest BCUT2D eigenvalue weighted by molar-refractivity contribution is 0.133. The molecule has 0 bridgehead atoms. The summed E-state index contributed by atoms with van der Waals surface area (Å²) in [5, 5.41) is 8.01. The molecule has 3 N–H and O–H groups in total. The van der Waals surface area contributed by atoms with Crippen molar-refractivity contribution in [1.82, 2.24) is 20.3 Å². The van der Waals surface area contributed by atoms with Crippen molar-refractivity contribution in [1.29, 1.82) is 0 Å². The maximum atomic E-state index is 14.3. The molecular weight excluding hydrogens is 455 g/mol. The van der Waals surface area contributed by atoms with Gasteiger partial charge in [-0.15, -0.1) is 0 Å². The zero-order chi connectivity index (χ0) is 24.9. The number of nitrogens with zero attached hydrogens (tertiary/aromatic N) is 4. The summed E-state index contributed by atoms with van der Waals surface area (Å²) in [4.78, 5) is 19.0. The van der Waals surface area contributed by atoms with Crippen molar-refractivity contribution in [2.75, 3.05) is 25.4 Å². The summed E-state index contributed by atoms with van der Waals surface area (Å²) in [6, 6.07) is 8.77. The van der Waals surface area contributed by atoms with E-state index in [4.69, 9.17) is 10.6 Å². The molecule has 0 amide bonds. The molecule has 8 heteroatoms. The number of anilines is 1. The summed E-state index contributed by atoms with van der Waals surface area (Å²) < 4.78 is 14.3. The van der Waals surface area contributed by atoms with E-state index >= 15 is 0 Å². The quantitative estimate of drug-likeness (QED) is 0.366. The maximum absolute atomic E-state index is 14.3. The molecule has 1 fully saturated rings. The van der Waals surface area contributed by atoms with Gasteiger partial charge in [-0.3, -0.25) is 4.98 Å². The van der Waals surface area contributed by atoms with Crippen LogP contribution in [-0.2, 0) is 11.3 Å². The third-order valence-electron chi connectivity index (χ3n) is 7.26. The Morgan fingerprint density at radius 2 is 2.03 bits per heavy atom. The molecule has 1 atom stereocenters. The molecule has 2 aromatic heterocycles. The van der Waals surface area contributed by atoms with Crippen LogP contribution in [0.15, 0.2) is 47.9 Å². The van der Waals surface area contributed by atoms with E-state index in [0.717, 1.165) is 71.2 Å². The zero-order valence-electron chi connectivity index (χ0n) is 20.7. The smallest absolute Gasteiger partial charge is 0.220 e. The van der Waals surface area contributed by atoms with Gasteiger partial charge in [0.1, 0.15) is 12.4 Å². The highest BCUT2D eigenvalue weighted by atomic mass is 19.1. The average molecular weight is 489 g/mol. The lowest BCUT2D eigenvalue weighted by Gasteiger charge is -2.28. The molecule has 3 heterocycles. The SMILES string of the molecule is Cc1nc(N)nc2c1/C(=N/OCCCC1CCNCC1)CC(c1ccc(F)cc1-c1cccnc1)C2. The Morgan fingerprint density at radius 1 is 1.17 bits per heavy atom. The average Bonchev–Trinajstić information content (AvgIpc) is 2.89. The Kier molecular flexibility index (Phi) is 7.51. The van der Waals surface area contributed by atoms with Gasteiger partial charge in [-0.25, -0.2) is 14.4 Å². The molecule has 1 aliphatic heterocycles. The molecule has 1 saturated heterocycles. The topological polar surface area (TPSA) is 98.3 Å². The Morgan fingerprint density at radius 3 is 2.83 bits per heavy atom. The fraction of sp³-hybridized carbons (Fsp3) is 0.429. The number of halogens is 1. The van der Waals surface area contributed by atoms with Crippen LogP contribution < -0.4 is 11.1 Å². The summed E-state index contributed by atoms with van der Waals surface area (Å²) in [6.45, 7) is 4.74. The fourth-order valence-corrected chi connectivity index (χ4v) is 5.51. The van der Waals surface area contributed by atoms with Gasteiger partial charge in [0.25, 0.3) is 0 Å². The van der Waals surface area contributed by atoms with Gasteiger partial charge >= 0.3 is 0 Å². The van der Waals surface area contributed by atoms with Crippen LogP contribution >= 0.6 is 0 Å². The molecule has 0 radical (unpaired) electrons. The predicted molar refractivity (Wildman–Crippen MR) is 139 cm³/mol. The normalized spacial score (nSPS) is 19.3. The Hall–Kier alpha value is -3.39. The van der Waals surface area contributed by atoms with Crippen LogP contribution in [0, 0.1) is 18.7 Å². The number of aryl methyl sites for hydroxylation is 1. The minimum atomic E-state index is -0.276. The first-order valence-corrected chi connectivity index (χ1v) is 12.8. The number of hydrogen-bond donors (Lipinski definition) is 2. The van der Waals surface area contributed by atoms with E-state index < -0.39 is 0 Å². The fourth-order valence-electron chi connectivity index (χ4n) is 5.51. The van der Waals surface area contributed by atoms with Gasteiger partial charge in [0.15, 0.2) is 0 Å². The van der Waals surface area contributed by atoms with Crippen molar-refractivity contribution < 1.29 is 9.23 Å².